The highest BCUT2D eigenvalue weighted by molar-refractivity contribution is 7.88. The van der Waals surface area contributed by atoms with Gasteiger partial charge in [-0.25, -0.2) is 12.7 Å². The van der Waals surface area contributed by atoms with Crippen molar-refractivity contribution < 1.29 is 8.42 Å². The van der Waals surface area contributed by atoms with Crippen molar-refractivity contribution in [2.24, 2.45) is 5.92 Å². The predicted molar refractivity (Wildman–Crippen MR) is 83.0 cm³/mol. The number of nitrogens with zero attached hydrogens (tertiary/aromatic N) is 2. The SMILES string of the molecule is CN(CC1CCCCC1)S(=O)(=O)Cc1ccc(C#N)cc1. The third-order valence-electron chi connectivity index (χ3n) is 4.15. The normalized spacial score (nSPS) is 16.8. The summed E-state index contributed by atoms with van der Waals surface area (Å²) in [4.78, 5) is 0. The van der Waals surface area contributed by atoms with Gasteiger partial charge in [0.2, 0.25) is 10.0 Å². The third kappa shape index (κ3) is 4.55. The van der Waals surface area contributed by atoms with Gasteiger partial charge in [0.25, 0.3) is 0 Å². The van der Waals surface area contributed by atoms with Gasteiger partial charge in [0, 0.05) is 13.6 Å². The van der Waals surface area contributed by atoms with E-state index in [-0.39, 0.29) is 5.75 Å². The smallest absolute Gasteiger partial charge is 0.212 e. The van der Waals surface area contributed by atoms with Crippen LogP contribution in [0.15, 0.2) is 24.3 Å². The summed E-state index contributed by atoms with van der Waals surface area (Å²) in [5, 5.41) is 8.76. The van der Waals surface area contributed by atoms with Gasteiger partial charge in [-0.2, -0.15) is 5.26 Å². The third-order valence-corrected chi connectivity index (χ3v) is 5.94. The van der Waals surface area contributed by atoms with Crippen LogP contribution in [0, 0.1) is 17.2 Å². The number of rotatable bonds is 5. The van der Waals surface area contributed by atoms with Crippen LogP contribution in [0.1, 0.15) is 43.2 Å². The lowest BCUT2D eigenvalue weighted by molar-refractivity contribution is 0.300. The molecule has 1 aliphatic carbocycles. The van der Waals surface area contributed by atoms with Crippen LogP contribution in [0.5, 0.6) is 0 Å². The van der Waals surface area contributed by atoms with Crippen molar-refractivity contribution in [1.82, 2.24) is 4.31 Å². The van der Waals surface area contributed by atoms with Gasteiger partial charge in [0.15, 0.2) is 0 Å². The molecular formula is C16H22N2O2S. The zero-order valence-corrected chi connectivity index (χ0v) is 13.3. The first-order chi connectivity index (χ1) is 10.0. The minimum Gasteiger partial charge on any atom is -0.212 e. The largest absolute Gasteiger partial charge is 0.218 e. The van der Waals surface area contributed by atoms with E-state index in [1.807, 2.05) is 6.07 Å². The lowest BCUT2D eigenvalue weighted by Gasteiger charge is -2.26. The lowest BCUT2D eigenvalue weighted by Crippen LogP contribution is -2.33. The molecule has 114 valence electrons. The number of hydrogen-bond acceptors (Lipinski definition) is 3. The average molecular weight is 306 g/mol. The van der Waals surface area contributed by atoms with E-state index >= 15 is 0 Å². The molecule has 2 rings (SSSR count). The zero-order chi connectivity index (χ0) is 15.3. The second kappa shape index (κ2) is 7.06. The summed E-state index contributed by atoms with van der Waals surface area (Å²) in [6.45, 7) is 0.624. The molecule has 1 saturated carbocycles. The highest BCUT2D eigenvalue weighted by Gasteiger charge is 2.23. The van der Waals surface area contributed by atoms with Crippen molar-refractivity contribution in [3.8, 4) is 6.07 Å². The predicted octanol–water partition coefficient (Wildman–Crippen LogP) is 2.90. The molecule has 0 N–H and O–H groups in total. The van der Waals surface area contributed by atoms with Gasteiger partial charge in [-0.3, -0.25) is 0 Å². The molecule has 0 unspecified atom stereocenters. The second-order valence-electron chi connectivity index (χ2n) is 5.85. The lowest BCUT2D eigenvalue weighted by atomic mass is 9.89. The molecule has 4 nitrogen and oxygen atoms in total. The van der Waals surface area contributed by atoms with Gasteiger partial charge in [0.05, 0.1) is 17.4 Å². The Morgan fingerprint density at radius 3 is 2.38 bits per heavy atom. The maximum absolute atomic E-state index is 12.4. The highest BCUT2D eigenvalue weighted by Crippen LogP contribution is 2.25. The van der Waals surface area contributed by atoms with E-state index in [0.717, 1.165) is 18.4 Å². The molecule has 0 aliphatic heterocycles. The molecule has 0 aromatic heterocycles. The zero-order valence-electron chi connectivity index (χ0n) is 12.5. The van der Waals surface area contributed by atoms with E-state index in [4.69, 9.17) is 5.26 Å². The fraction of sp³-hybridized carbons (Fsp3) is 0.562. The molecule has 1 aliphatic rings. The first kappa shape index (κ1) is 16.0. The summed E-state index contributed by atoms with van der Waals surface area (Å²) in [6, 6.07) is 8.78. The van der Waals surface area contributed by atoms with Crippen LogP contribution in [-0.4, -0.2) is 26.3 Å². The van der Waals surface area contributed by atoms with Gasteiger partial charge in [-0.1, -0.05) is 31.4 Å². The fourth-order valence-electron chi connectivity index (χ4n) is 2.84. The quantitative estimate of drug-likeness (QED) is 0.840. The molecule has 1 aromatic carbocycles. The Bertz CT molecular complexity index is 596. The summed E-state index contributed by atoms with van der Waals surface area (Å²) in [7, 11) is -1.61. The van der Waals surface area contributed by atoms with Gasteiger partial charge < -0.3 is 0 Å². The molecule has 0 heterocycles. The Kier molecular flexibility index (Phi) is 5.38. The number of nitriles is 1. The first-order valence-electron chi connectivity index (χ1n) is 7.44. The summed E-state index contributed by atoms with van der Waals surface area (Å²) < 4.78 is 26.3. The van der Waals surface area contributed by atoms with Crippen LogP contribution >= 0.6 is 0 Å². The van der Waals surface area contributed by atoms with Crippen LogP contribution in [0.25, 0.3) is 0 Å². The summed E-state index contributed by atoms with van der Waals surface area (Å²) >= 11 is 0. The van der Waals surface area contributed by atoms with Crippen LogP contribution < -0.4 is 0 Å². The van der Waals surface area contributed by atoms with Crippen molar-refractivity contribution in [2.75, 3.05) is 13.6 Å². The molecule has 0 amide bonds. The van der Waals surface area contributed by atoms with Gasteiger partial charge in [-0.15, -0.1) is 0 Å². The van der Waals surface area contributed by atoms with Crippen molar-refractivity contribution in [2.45, 2.75) is 37.9 Å². The summed E-state index contributed by atoms with van der Waals surface area (Å²) in [6.07, 6.45) is 5.98. The highest BCUT2D eigenvalue weighted by atomic mass is 32.2. The number of sulfonamides is 1. The summed E-state index contributed by atoms with van der Waals surface area (Å²) in [5.41, 5.74) is 1.27. The molecule has 0 saturated heterocycles. The number of benzene rings is 1. The molecular weight excluding hydrogens is 284 g/mol. The maximum atomic E-state index is 12.4. The Morgan fingerprint density at radius 1 is 1.19 bits per heavy atom. The van der Waals surface area contributed by atoms with Gasteiger partial charge >= 0.3 is 0 Å². The van der Waals surface area contributed by atoms with Crippen LogP contribution in [-0.2, 0) is 15.8 Å². The van der Waals surface area contributed by atoms with Crippen molar-refractivity contribution in [3.63, 3.8) is 0 Å². The fourth-order valence-corrected chi connectivity index (χ4v) is 4.12. The Morgan fingerprint density at radius 2 is 1.81 bits per heavy atom. The van der Waals surface area contributed by atoms with Gasteiger partial charge in [0.1, 0.15) is 0 Å². The van der Waals surface area contributed by atoms with E-state index in [2.05, 4.69) is 0 Å². The van der Waals surface area contributed by atoms with Crippen molar-refractivity contribution >= 4 is 10.0 Å². The van der Waals surface area contributed by atoms with E-state index in [1.165, 1.54) is 23.6 Å². The average Bonchev–Trinajstić information content (AvgIpc) is 2.48. The second-order valence-corrected chi connectivity index (χ2v) is 7.93. The van der Waals surface area contributed by atoms with Crippen molar-refractivity contribution in [3.05, 3.63) is 35.4 Å². The molecule has 0 spiro atoms. The van der Waals surface area contributed by atoms with E-state index in [9.17, 15) is 8.42 Å². The minimum absolute atomic E-state index is 0.00191. The molecule has 0 atom stereocenters. The monoisotopic (exact) mass is 306 g/mol. The van der Waals surface area contributed by atoms with Crippen LogP contribution in [0.3, 0.4) is 0 Å². The molecule has 5 heteroatoms. The Balaban J connectivity index is 1.97. The number of hydrogen-bond donors (Lipinski definition) is 0. The van der Waals surface area contributed by atoms with Crippen LogP contribution in [0.2, 0.25) is 0 Å². The van der Waals surface area contributed by atoms with Gasteiger partial charge in [-0.05, 0) is 36.5 Å². The van der Waals surface area contributed by atoms with Crippen LogP contribution in [0.4, 0.5) is 0 Å². The molecule has 1 fully saturated rings. The molecule has 21 heavy (non-hydrogen) atoms. The van der Waals surface area contributed by atoms with E-state index < -0.39 is 10.0 Å². The topological polar surface area (TPSA) is 61.2 Å². The molecule has 1 aromatic rings. The minimum atomic E-state index is -3.28. The Labute approximate surface area is 127 Å². The standard InChI is InChI=1S/C16H22N2O2S/c1-18(12-15-5-3-2-4-6-15)21(19,20)13-16-9-7-14(11-17)8-10-16/h7-10,15H,2-6,12-13H2,1H3. The molecule has 0 bridgehead atoms. The maximum Gasteiger partial charge on any atom is 0.218 e. The van der Waals surface area contributed by atoms with Crippen molar-refractivity contribution in [1.29, 1.82) is 5.26 Å². The van der Waals surface area contributed by atoms with E-state index in [1.54, 1.807) is 31.3 Å². The first-order valence-corrected chi connectivity index (χ1v) is 9.05. The van der Waals surface area contributed by atoms with E-state index in [0.29, 0.717) is 18.0 Å². The molecule has 0 radical (unpaired) electrons. The Hall–Kier alpha value is -1.38. The summed E-state index contributed by atoms with van der Waals surface area (Å²) in [5.74, 6) is 0.501.